The molecule has 0 saturated heterocycles. The molecule has 0 radical (unpaired) electrons. The first kappa shape index (κ1) is 14.5. The number of ketones is 1. The van der Waals surface area contributed by atoms with Crippen LogP contribution >= 0.6 is 0 Å². The highest BCUT2D eigenvalue weighted by molar-refractivity contribution is 5.77. The summed E-state index contributed by atoms with van der Waals surface area (Å²) in [5, 5.41) is 0. The van der Waals surface area contributed by atoms with E-state index < -0.39 is 0 Å². The zero-order chi connectivity index (χ0) is 14.4. The SMILES string of the molecule is CC(=O)C[C@@](C)(CCc1ccccc1)c1ccccc1. The summed E-state index contributed by atoms with van der Waals surface area (Å²) in [6.45, 7) is 3.89. The number of hydrogen-bond acceptors (Lipinski definition) is 1. The number of carbonyl (C=O) groups excluding carboxylic acids is 1. The van der Waals surface area contributed by atoms with Crippen molar-refractivity contribution < 1.29 is 4.79 Å². The van der Waals surface area contributed by atoms with Crippen LogP contribution in [0.2, 0.25) is 0 Å². The van der Waals surface area contributed by atoms with Crippen molar-refractivity contribution in [2.75, 3.05) is 0 Å². The minimum atomic E-state index is -0.0804. The van der Waals surface area contributed by atoms with E-state index in [9.17, 15) is 4.79 Å². The largest absolute Gasteiger partial charge is 0.300 e. The molecule has 0 aromatic heterocycles. The predicted octanol–water partition coefficient (Wildman–Crippen LogP) is 4.56. The lowest BCUT2D eigenvalue weighted by molar-refractivity contribution is -0.118. The van der Waals surface area contributed by atoms with Crippen LogP contribution in [0.15, 0.2) is 60.7 Å². The molecule has 0 spiro atoms. The highest BCUT2D eigenvalue weighted by Gasteiger charge is 2.27. The molecule has 0 fully saturated rings. The van der Waals surface area contributed by atoms with Gasteiger partial charge in [0.15, 0.2) is 0 Å². The zero-order valence-corrected chi connectivity index (χ0v) is 12.3. The number of benzene rings is 2. The van der Waals surface area contributed by atoms with Gasteiger partial charge in [-0.1, -0.05) is 67.6 Å². The molecule has 0 saturated carbocycles. The second-order valence-corrected chi connectivity index (χ2v) is 5.79. The summed E-state index contributed by atoms with van der Waals surface area (Å²) >= 11 is 0. The molecular weight excluding hydrogens is 244 g/mol. The van der Waals surface area contributed by atoms with Crippen LogP contribution in [0.5, 0.6) is 0 Å². The van der Waals surface area contributed by atoms with E-state index >= 15 is 0 Å². The number of hydrogen-bond donors (Lipinski definition) is 0. The van der Waals surface area contributed by atoms with Crippen LogP contribution < -0.4 is 0 Å². The Bertz CT molecular complexity index is 544. The summed E-state index contributed by atoms with van der Waals surface area (Å²) in [6, 6.07) is 20.9. The third kappa shape index (κ3) is 3.80. The van der Waals surface area contributed by atoms with Gasteiger partial charge in [0.05, 0.1) is 0 Å². The zero-order valence-electron chi connectivity index (χ0n) is 12.3. The van der Waals surface area contributed by atoms with Gasteiger partial charge in [-0.05, 0) is 36.3 Å². The van der Waals surface area contributed by atoms with Crippen molar-refractivity contribution in [1.29, 1.82) is 0 Å². The maximum atomic E-state index is 11.6. The van der Waals surface area contributed by atoms with E-state index in [1.54, 1.807) is 6.92 Å². The van der Waals surface area contributed by atoms with Gasteiger partial charge in [0.1, 0.15) is 5.78 Å². The Morgan fingerprint density at radius 2 is 1.50 bits per heavy atom. The highest BCUT2D eigenvalue weighted by Crippen LogP contribution is 2.33. The molecule has 0 heterocycles. The normalized spacial score (nSPS) is 13.7. The second-order valence-electron chi connectivity index (χ2n) is 5.79. The van der Waals surface area contributed by atoms with E-state index in [4.69, 9.17) is 0 Å². The van der Waals surface area contributed by atoms with Gasteiger partial charge in [-0.25, -0.2) is 0 Å². The molecule has 0 amide bonds. The molecule has 1 heteroatoms. The number of Topliss-reactive ketones (excluding diaryl/α,β-unsaturated/α-hetero) is 1. The lowest BCUT2D eigenvalue weighted by Gasteiger charge is -2.29. The number of carbonyl (C=O) groups is 1. The molecule has 2 aromatic carbocycles. The van der Waals surface area contributed by atoms with Crippen LogP contribution in [0.3, 0.4) is 0 Å². The van der Waals surface area contributed by atoms with Crippen LogP contribution in [-0.2, 0) is 16.6 Å². The van der Waals surface area contributed by atoms with Gasteiger partial charge in [0, 0.05) is 6.42 Å². The number of aryl methyl sites for hydroxylation is 1. The fourth-order valence-corrected chi connectivity index (χ4v) is 2.79. The Kier molecular flexibility index (Phi) is 4.73. The second kappa shape index (κ2) is 6.51. The Balaban J connectivity index is 2.17. The number of rotatable bonds is 6. The molecule has 0 bridgehead atoms. The summed E-state index contributed by atoms with van der Waals surface area (Å²) in [7, 11) is 0. The van der Waals surface area contributed by atoms with Crippen molar-refractivity contribution in [2.45, 2.75) is 38.5 Å². The van der Waals surface area contributed by atoms with Crippen molar-refractivity contribution in [3.05, 3.63) is 71.8 Å². The molecule has 20 heavy (non-hydrogen) atoms. The van der Waals surface area contributed by atoms with E-state index in [0.717, 1.165) is 12.8 Å². The topological polar surface area (TPSA) is 17.1 Å². The minimum absolute atomic E-state index is 0.0804. The first-order valence-corrected chi connectivity index (χ1v) is 7.19. The lowest BCUT2D eigenvalue weighted by atomic mass is 9.74. The third-order valence-electron chi connectivity index (χ3n) is 3.92. The monoisotopic (exact) mass is 266 g/mol. The first-order valence-electron chi connectivity index (χ1n) is 7.19. The lowest BCUT2D eigenvalue weighted by Crippen LogP contribution is -2.25. The van der Waals surface area contributed by atoms with Crippen LogP contribution in [0, 0.1) is 0 Å². The van der Waals surface area contributed by atoms with Gasteiger partial charge in [-0.2, -0.15) is 0 Å². The molecule has 0 aliphatic heterocycles. The maximum Gasteiger partial charge on any atom is 0.130 e. The van der Waals surface area contributed by atoms with E-state index in [1.807, 2.05) is 12.1 Å². The van der Waals surface area contributed by atoms with Gasteiger partial charge >= 0.3 is 0 Å². The summed E-state index contributed by atoms with van der Waals surface area (Å²) < 4.78 is 0. The van der Waals surface area contributed by atoms with Crippen LogP contribution in [0.25, 0.3) is 0 Å². The molecule has 0 N–H and O–H groups in total. The summed E-state index contributed by atoms with van der Waals surface area (Å²) in [4.78, 5) is 11.6. The molecule has 2 rings (SSSR count). The Morgan fingerprint density at radius 1 is 0.950 bits per heavy atom. The highest BCUT2D eigenvalue weighted by atomic mass is 16.1. The average Bonchev–Trinajstić information content (AvgIpc) is 2.47. The average molecular weight is 266 g/mol. The summed E-state index contributed by atoms with van der Waals surface area (Å²) in [6.07, 6.45) is 2.59. The van der Waals surface area contributed by atoms with E-state index in [-0.39, 0.29) is 11.2 Å². The van der Waals surface area contributed by atoms with Crippen molar-refractivity contribution in [3.8, 4) is 0 Å². The van der Waals surface area contributed by atoms with Crippen molar-refractivity contribution in [2.24, 2.45) is 0 Å². The summed E-state index contributed by atoms with van der Waals surface area (Å²) in [5.41, 5.74) is 2.51. The van der Waals surface area contributed by atoms with E-state index in [1.165, 1.54) is 11.1 Å². The summed E-state index contributed by atoms with van der Waals surface area (Å²) in [5.74, 6) is 0.254. The molecule has 2 aromatic rings. The van der Waals surface area contributed by atoms with Gasteiger partial charge in [0.2, 0.25) is 0 Å². The third-order valence-corrected chi connectivity index (χ3v) is 3.92. The first-order chi connectivity index (χ1) is 9.60. The van der Waals surface area contributed by atoms with E-state index in [0.29, 0.717) is 6.42 Å². The predicted molar refractivity (Wildman–Crippen MR) is 83.9 cm³/mol. The molecule has 1 nitrogen and oxygen atoms in total. The van der Waals surface area contributed by atoms with Gasteiger partial charge in [-0.15, -0.1) is 0 Å². The van der Waals surface area contributed by atoms with Gasteiger partial charge < -0.3 is 0 Å². The maximum absolute atomic E-state index is 11.6. The Morgan fingerprint density at radius 3 is 2.05 bits per heavy atom. The van der Waals surface area contributed by atoms with Crippen LogP contribution in [-0.4, -0.2) is 5.78 Å². The van der Waals surface area contributed by atoms with Gasteiger partial charge in [0.25, 0.3) is 0 Å². The Hall–Kier alpha value is -1.89. The quantitative estimate of drug-likeness (QED) is 0.749. The standard InChI is InChI=1S/C19H22O/c1-16(20)15-19(2,18-11-7-4-8-12-18)14-13-17-9-5-3-6-10-17/h3-12H,13-15H2,1-2H3/t19-/m1/s1. The Labute approximate surface area is 121 Å². The fraction of sp³-hybridized carbons (Fsp3) is 0.316. The van der Waals surface area contributed by atoms with Crippen molar-refractivity contribution in [3.63, 3.8) is 0 Å². The van der Waals surface area contributed by atoms with Crippen molar-refractivity contribution >= 4 is 5.78 Å². The smallest absolute Gasteiger partial charge is 0.130 e. The van der Waals surface area contributed by atoms with E-state index in [2.05, 4.69) is 55.5 Å². The molecule has 0 aliphatic carbocycles. The van der Waals surface area contributed by atoms with Gasteiger partial charge in [-0.3, -0.25) is 4.79 Å². The fourth-order valence-electron chi connectivity index (χ4n) is 2.79. The van der Waals surface area contributed by atoms with Crippen molar-refractivity contribution in [1.82, 2.24) is 0 Å². The molecule has 0 aliphatic rings. The molecule has 0 unspecified atom stereocenters. The van der Waals surface area contributed by atoms with Crippen LogP contribution in [0.1, 0.15) is 37.8 Å². The molecule has 1 atom stereocenters. The minimum Gasteiger partial charge on any atom is -0.300 e. The molecular formula is C19H22O. The van der Waals surface area contributed by atoms with Crippen LogP contribution in [0.4, 0.5) is 0 Å². The molecule has 104 valence electrons.